The third-order valence-electron chi connectivity index (χ3n) is 6.43. The van der Waals surface area contributed by atoms with Crippen molar-refractivity contribution in [1.29, 1.82) is 0 Å². The zero-order valence-corrected chi connectivity index (χ0v) is 18.7. The number of methoxy groups -OCH3 is 1. The zero-order valence-electron chi connectivity index (χ0n) is 17.2. The second kappa shape index (κ2) is 7.84. The summed E-state index contributed by atoms with van der Waals surface area (Å²) in [6.07, 6.45) is 0.149. The van der Waals surface area contributed by atoms with Crippen LogP contribution >= 0.6 is 23.2 Å². The van der Waals surface area contributed by atoms with Crippen molar-refractivity contribution >= 4 is 40.7 Å². The lowest BCUT2D eigenvalue weighted by atomic mass is 9.59. The van der Waals surface area contributed by atoms with E-state index in [-0.39, 0.29) is 18.2 Å². The van der Waals surface area contributed by atoms with Crippen molar-refractivity contribution in [3.8, 4) is 5.75 Å². The highest BCUT2D eigenvalue weighted by atomic mass is 35.5. The zero-order chi connectivity index (χ0) is 22.5. The maximum absolute atomic E-state index is 13.9. The summed E-state index contributed by atoms with van der Waals surface area (Å²) in [4.78, 5) is 26.8. The molecule has 2 heterocycles. The molecule has 2 aliphatic rings. The van der Waals surface area contributed by atoms with Crippen LogP contribution in [0.25, 0.3) is 0 Å². The Hall–Kier alpha value is -3.02. The molecule has 0 aromatic heterocycles. The van der Waals surface area contributed by atoms with E-state index < -0.39 is 17.4 Å². The summed E-state index contributed by atoms with van der Waals surface area (Å²) in [5, 5.41) is 7.19. The molecule has 0 radical (unpaired) electrons. The SMILES string of the molecule is COc1cccc([C@H]2NC(=O)C[C@@H](c3cccc(Cl)c3)[C@]23C(=O)Nc2cc(Cl)ccc23)c1. The molecule has 3 aromatic rings. The molecule has 3 atom stereocenters. The summed E-state index contributed by atoms with van der Waals surface area (Å²) >= 11 is 12.5. The van der Waals surface area contributed by atoms with Crippen LogP contribution in [0, 0.1) is 0 Å². The Morgan fingerprint density at radius 3 is 2.47 bits per heavy atom. The Labute approximate surface area is 195 Å². The predicted octanol–water partition coefficient (Wildman–Crippen LogP) is 5.24. The van der Waals surface area contributed by atoms with Crippen molar-refractivity contribution in [2.24, 2.45) is 0 Å². The van der Waals surface area contributed by atoms with Crippen molar-refractivity contribution in [3.63, 3.8) is 0 Å². The van der Waals surface area contributed by atoms with Crippen molar-refractivity contribution in [1.82, 2.24) is 5.32 Å². The minimum atomic E-state index is -1.09. The van der Waals surface area contributed by atoms with Gasteiger partial charge in [0.05, 0.1) is 13.2 Å². The van der Waals surface area contributed by atoms with Crippen LogP contribution in [-0.2, 0) is 15.0 Å². The van der Waals surface area contributed by atoms with E-state index in [0.29, 0.717) is 21.5 Å². The molecule has 1 saturated heterocycles. The van der Waals surface area contributed by atoms with E-state index >= 15 is 0 Å². The Kier molecular flexibility index (Phi) is 5.11. The largest absolute Gasteiger partial charge is 0.497 e. The third-order valence-corrected chi connectivity index (χ3v) is 6.90. The summed E-state index contributed by atoms with van der Waals surface area (Å²) in [7, 11) is 1.59. The molecule has 0 bridgehead atoms. The van der Waals surface area contributed by atoms with Crippen LogP contribution in [0.15, 0.2) is 66.7 Å². The number of fused-ring (bicyclic) bond motifs is 2. The van der Waals surface area contributed by atoms with Crippen molar-refractivity contribution in [2.75, 3.05) is 12.4 Å². The summed E-state index contributed by atoms with van der Waals surface area (Å²) in [6, 6.07) is 19.6. The van der Waals surface area contributed by atoms with Crippen LogP contribution in [0.1, 0.15) is 35.1 Å². The maximum atomic E-state index is 13.9. The third kappa shape index (κ3) is 3.15. The second-order valence-corrected chi connectivity index (χ2v) is 8.97. The van der Waals surface area contributed by atoms with Crippen molar-refractivity contribution in [3.05, 3.63) is 93.5 Å². The van der Waals surface area contributed by atoms with Gasteiger partial charge < -0.3 is 15.4 Å². The van der Waals surface area contributed by atoms with E-state index in [1.807, 2.05) is 48.5 Å². The molecule has 5 nitrogen and oxygen atoms in total. The summed E-state index contributed by atoms with van der Waals surface area (Å²) in [5.74, 6) is -0.115. The van der Waals surface area contributed by atoms with E-state index in [1.165, 1.54) is 0 Å². The number of ether oxygens (including phenoxy) is 1. The van der Waals surface area contributed by atoms with Gasteiger partial charge in [0, 0.05) is 28.1 Å². The average Bonchev–Trinajstić information content (AvgIpc) is 3.06. The van der Waals surface area contributed by atoms with Gasteiger partial charge in [-0.3, -0.25) is 9.59 Å². The number of anilines is 1. The van der Waals surface area contributed by atoms with Gasteiger partial charge in [0.25, 0.3) is 0 Å². The van der Waals surface area contributed by atoms with Gasteiger partial charge in [-0.2, -0.15) is 0 Å². The van der Waals surface area contributed by atoms with Gasteiger partial charge in [-0.1, -0.05) is 53.5 Å². The molecule has 0 aliphatic carbocycles. The van der Waals surface area contributed by atoms with Gasteiger partial charge in [-0.05, 0) is 53.1 Å². The van der Waals surface area contributed by atoms with Crippen LogP contribution in [-0.4, -0.2) is 18.9 Å². The number of rotatable bonds is 3. The van der Waals surface area contributed by atoms with E-state index in [9.17, 15) is 9.59 Å². The van der Waals surface area contributed by atoms with Crippen LogP contribution in [0.5, 0.6) is 5.75 Å². The molecule has 0 unspecified atom stereocenters. The number of hydrogen-bond acceptors (Lipinski definition) is 3. The molecular formula is C25H20Cl2N2O3. The number of carbonyl (C=O) groups is 2. The first-order valence-corrected chi connectivity index (χ1v) is 11.0. The van der Waals surface area contributed by atoms with Crippen molar-refractivity contribution < 1.29 is 14.3 Å². The molecule has 1 fully saturated rings. The quantitative estimate of drug-likeness (QED) is 0.554. The average molecular weight is 467 g/mol. The predicted molar refractivity (Wildman–Crippen MR) is 124 cm³/mol. The summed E-state index contributed by atoms with van der Waals surface area (Å²) in [6.45, 7) is 0. The molecule has 1 spiro atoms. The number of benzene rings is 3. The Balaban J connectivity index is 1.80. The topological polar surface area (TPSA) is 67.4 Å². The van der Waals surface area contributed by atoms with Crippen LogP contribution in [0.2, 0.25) is 10.0 Å². The molecule has 7 heteroatoms. The number of piperidine rings is 1. The number of carbonyl (C=O) groups excluding carboxylic acids is 2. The van der Waals surface area contributed by atoms with Gasteiger partial charge in [0.1, 0.15) is 11.2 Å². The van der Waals surface area contributed by atoms with Gasteiger partial charge in [0.15, 0.2) is 0 Å². The Bertz CT molecular complexity index is 1250. The molecular weight excluding hydrogens is 447 g/mol. The number of amides is 2. The highest BCUT2D eigenvalue weighted by Crippen LogP contribution is 2.57. The van der Waals surface area contributed by atoms with E-state index in [0.717, 1.165) is 16.7 Å². The number of halogens is 2. The fourth-order valence-electron chi connectivity index (χ4n) is 5.11. The molecule has 3 aromatic carbocycles. The van der Waals surface area contributed by atoms with Gasteiger partial charge in [0.2, 0.25) is 11.8 Å². The van der Waals surface area contributed by atoms with Crippen LogP contribution < -0.4 is 15.4 Å². The molecule has 162 valence electrons. The molecule has 32 heavy (non-hydrogen) atoms. The standard InChI is InChI=1S/C25H20Cl2N2O3/c1-32-18-7-3-5-15(11-18)23-25(19-9-8-17(27)12-21(19)28-24(25)31)20(13-22(30)29-23)14-4-2-6-16(26)10-14/h2-12,20,23H,13H2,1H3,(H,28,31)(H,29,30)/t20-,23+,25-/m0/s1. The van der Waals surface area contributed by atoms with Crippen LogP contribution in [0.4, 0.5) is 5.69 Å². The normalized spacial score (nSPS) is 24.1. The first kappa shape index (κ1) is 20.9. The summed E-state index contributed by atoms with van der Waals surface area (Å²) in [5.41, 5.74) is 1.97. The van der Waals surface area contributed by atoms with Gasteiger partial charge in [-0.25, -0.2) is 0 Å². The fourth-order valence-corrected chi connectivity index (χ4v) is 5.48. The highest BCUT2D eigenvalue weighted by molar-refractivity contribution is 6.31. The van der Waals surface area contributed by atoms with Gasteiger partial charge >= 0.3 is 0 Å². The number of nitrogens with one attached hydrogen (secondary N) is 2. The molecule has 2 N–H and O–H groups in total. The maximum Gasteiger partial charge on any atom is 0.238 e. The molecule has 2 amide bonds. The van der Waals surface area contributed by atoms with Crippen molar-refractivity contribution in [2.45, 2.75) is 23.8 Å². The lowest BCUT2D eigenvalue weighted by Crippen LogP contribution is -2.56. The molecule has 0 saturated carbocycles. The first-order chi connectivity index (χ1) is 15.4. The Morgan fingerprint density at radius 1 is 0.938 bits per heavy atom. The van der Waals surface area contributed by atoms with E-state index in [2.05, 4.69) is 10.6 Å². The van der Waals surface area contributed by atoms with Gasteiger partial charge in [-0.15, -0.1) is 0 Å². The molecule has 5 rings (SSSR count). The van der Waals surface area contributed by atoms with E-state index in [1.54, 1.807) is 25.3 Å². The molecule has 2 aliphatic heterocycles. The minimum absolute atomic E-state index is 0.136. The number of hydrogen-bond donors (Lipinski definition) is 2. The lowest BCUT2D eigenvalue weighted by molar-refractivity contribution is -0.131. The Morgan fingerprint density at radius 2 is 1.69 bits per heavy atom. The highest BCUT2D eigenvalue weighted by Gasteiger charge is 2.61. The fraction of sp³-hybridized carbons (Fsp3) is 0.200. The minimum Gasteiger partial charge on any atom is -0.497 e. The summed E-state index contributed by atoms with van der Waals surface area (Å²) < 4.78 is 5.41. The lowest BCUT2D eigenvalue weighted by Gasteiger charge is -2.46. The monoisotopic (exact) mass is 466 g/mol. The smallest absolute Gasteiger partial charge is 0.238 e. The second-order valence-electron chi connectivity index (χ2n) is 8.10. The van der Waals surface area contributed by atoms with Crippen LogP contribution in [0.3, 0.4) is 0 Å². The van der Waals surface area contributed by atoms with E-state index in [4.69, 9.17) is 27.9 Å². The first-order valence-electron chi connectivity index (χ1n) is 10.2.